The van der Waals surface area contributed by atoms with Gasteiger partial charge in [0.1, 0.15) is 6.04 Å². The summed E-state index contributed by atoms with van der Waals surface area (Å²) in [5, 5.41) is 2.75. The Morgan fingerprint density at radius 2 is 2.06 bits per heavy atom. The van der Waals surface area contributed by atoms with Crippen LogP contribution in [0.25, 0.3) is 0 Å². The van der Waals surface area contributed by atoms with Crippen LogP contribution in [-0.2, 0) is 14.3 Å². The third kappa shape index (κ3) is 3.70. The molecule has 104 valence electrons. The molecule has 1 fully saturated rings. The van der Waals surface area contributed by atoms with Gasteiger partial charge in [0, 0.05) is 12.0 Å². The van der Waals surface area contributed by atoms with E-state index in [1.807, 2.05) is 13.8 Å². The summed E-state index contributed by atoms with van der Waals surface area (Å²) in [6.45, 7) is 3.90. The Morgan fingerprint density at radius 1 is 1.44 bits per heavy atom. The van der Waals surface area contributed by atoms with E-state index in [9.17, 15) is 9.59 Å². The molecule has 2 atom stereocenters. The van der Waals surface area contributed by atoms with Crippen molar-refractivity contribution in [2.24, 2.45) is 11.7 Å². The zero-order valence-electron chi connectivity index (χ0n) is 11.5. The maximum absolute atomic E-state index is 11.9. The van der Waals surface area contributed by atoms with E-state index >= 15 is 0 Å². The van der Waals surface area contributed by atoms with Gasteiger partial charge in [-0.3, -0.25) is 4.79 Å². The van der Waals surface area contributed by atoms with Gasteiger partial charge in [-0.05, 0) is 25.2 Å². The van der Waals surface area contributed by atoms with Crippen molar-refractivity contribution >= 4 is 11.9 Å². The van der Waals surface area contributed by atoms with Crippen LogP contribution in [-0.4, -0.2) is 30.6 Å². The predicted octanol–water partition coefficient (Wildman–Crippen LogP) is 0.962. The first-order chi connectivity index (χ1) is 8.41. The average Bonchev–Trinajstić information content (AvgIpc) is 2.32. The highest BCUT2D eigenvalue weighted by molar-refractivity contribution is 5.85. The summed E-state index contributed by atoms with van der Waals surface area (Å²) in [5.41, 5.74) is 5.66. The molecule has 0 radical (unpaired) electrons. The molecule has 1 aliphatic carbocycles. The van der Waals surface area contributed by atoms with E-state index < -0.39 is 12.0 Å². The van der Waals surface area contributed by atoms with Gasteiger partial charge in [-0.2, -0.15) is 0 Å². The summed E-state index contributed by atoms with van der Waals surface area (Å²) in [5.74, 6) is -0.498. The van der Waals surface area contributed by atoms with Crippen molar-refractivity contribution in [2.45, 2.75) is 57.5 Å². The summed E-state index contributed by atoms with van der Waals surface area (Å²) >= 11 is 0. The zero-order valence-corrected chi connectivity index (χ0v) is 11.5. The Morgan fingerprint density at radius 3 is 2.44 bits per heavy atom. The van der Waals surface area contributed by atoms with Crippen molar-refractivity contribution in [3.05, 3.63) is 0 Å². The molecule has 1 saturated carbocycles. The highest BCUT2D eigenvalue weighted by Gasteiger charge is 2.36. The van der Waals surface area contributed by atoms with E-state index in [-0.39, 0.29) is 23.8 Å². The van der Waals surface area contributed by atoms with E-state index in [0.717, 1.165) is 25.7 Å². The van der Waals surface area contributed by atoms with Gasteiger partial charge < -0.3 is 15.8 Å². The zero-order chi connectivity index (χ0) is 13.8. The van der Waals surface area contributed by atoms with Gasteiger partial charge in [-0.25, -0.2) is 4.79 Å². The second-order valence-corrected chi connectivity index (χ2v) is 5.35. The van der Waals surface area contributed by atoms with Gasteiger partial charge in [0.25, 0.3) is 0 Å². The second kappa shape index (κ2) is 6.18. The van der Waals surface area contributed by atoms with Crippen molar-refractivity contribution in [1.82, 2.24) is 5.32 Å². The molecule has 1 aliphatic rings. The molecule has 0 bridgehead atoms. The van der Waals surface area contributed by atoms with Crippen molar-refractivity contribution in [2.75, 3.05) is 7.11 Å². The van der Waals surface area contributed by atoms with Gasteiger partial charge in [0.2, 0.25) is 5.91 Å². The molecule has 0 spiro atoms. The first-order valence-electron chi connectivity index (χ1n) is 6.58. The lowest BCUT2D eigenvalue weighted by molar-refractivity contribution is -0.146. The normalized spacial score (nSPS) is 20.4. The third-order valence-corrected chi connectivity index (χ3v) is 3.85. The molecule has 5 nitrogen and oxygen atoms in total. The minimum absolute atomic E-state index is 0.0523. The van der Waals surface area contributed by atoms with Crippen LogP contribution >= 0.6 is 0 Å². The molecule has 0 aromatic rings. The smallest absolute Gasteiger partial charge is 0.328 e. The fraction of sp³-hybridized carbons (Fsp3) is 0.846. The fourth-order valence-corrected chi connectivity index (χ4v) is 2.15. The summed E-state index contributed by atoms with van der Waals surface area (Å²) in [6.07, 6.45) is 3.93. The third-order valence-electron chi connectivity index (χ3n) is 3.85. The van der Waals surface area contributed by atoms with E-state index in [1.165, 1.54) is 7.11 Å². The number of carbonyl (C=O) groups excluding carboxylic acids is 2. The Balaban J connectivity index is 2.54. The van der Waals surface area contributed by atoms with Crippen LogP contribution in [0.2, 0.25) is 0 Å². The van der Waals surface area contributed by atoms with Gasteiger partial charge in [-0.15, -0.1) is 0 Å². The van der Waals surface area contributed by atoms with Gasteiger partial charge in [0.05, 0.1) is 7.11 Å². The molecule has 1 rings (SSSR count). The molecule has 0 aliphatic heterocycles. The topological polar surface area (TPSA) is 81.4 Å². The molecule has 0 heterocycles. The summed E-state index contributed by atoms with van der Waals surface area (Å²) in [6, 6.07) is -0.573. The molecule has 0 aromatic heterocycles. The van der Waals surface area contributed by atoms with Crippen LogP contribution in [0.3, 0.4) is 0 Å². The summed E-state index contributed by atoms with van der Waals surface area (Å²) in [7, 11) is 1.33. The number of hydrogen-bond acceptors (Lipinski definition) is 4. The van der Waals surface area contributed by atoms with Crippen LogP contribution in [0.4, 0.5) is 0 Å². The van der Waals surface area contributed by atoms with Crippen LogP contribution in [0.5, 0.6) is 0 Å². The number of hydrogen-bond donors (Lipinski definition) is 2. The number of esters is 1. The lowest BCUT2D eigenvalue weighted by Gasteiger charge is -2.37. The lowest BCUT2D eigenvalue weighted by Crippen LogP contribution is -2.53. The maximum Gasteiger partial charge on any atom is 0.328 e. The van der Waals surface area contributed by atoms with Crippen LogP contribution < -0.4 is 11.1 Å². The molecule has 1 amide bonds. The first kappa shape index (κ1) is 15.0. The first-order valence-corrected chi connectivity index (χ1v) is 6.58. The number of methoxy groups -OCH3 is 1. The van der Waals surface area contributed by atoms with E-state index in [0.29, 0.717) is 0 Å². The number of nitrogens with two attached hydrogens (primary N) is 1. The lowest BCUT2D eigenvalue weighted by atomic mass is 9.75. The highest BCUT2D eigenvalue weighted by atomic mass is 16.5. The quantitative estimate of drug-likeness (QED) is 0.694. The SMILES string of the molecule is CCC(C)C(NC(=O)CC1(N)CCC1)C(=O)OC. The molecule has 18 heavy (non-hydrogen) atoms. The largest absolute Gasteiger partial charge is 0.467 e. The predicted molar refractivity (Wildman–Crippen MR) is 68.8 cm³/mol. The Labute approximate surface area is 108 Å². The van der Waals surface area contributed by atoms with Crippen molar-refractivity contribution in [3.8, 4) is 0 Å². The molecule has 3 N–H and O–H groups in total. The Bertz CT molecular complexity index is 313. The van der Waals surface area contributed by atoms with E-state index in [2.05, 4.69) is 5.32 Å². The van der Waals surface area contributed by atoms with E-state index in [4.69, 9.17) is 10.5 Å². The summed E-state index contributed by atoms with van der Waals surface area (Å²) < 4.78 is 4.72. The van der Waals surface area contributed by atoms with Gasteiger partial charge in [-0.1, -0.05) is 20.3 Å². The van der Waals surface area contributed by atoms with Gasteiger partial charge in [0.15, 0.2) is 0 Å². The maximum atomic E-state index is 11.9. The van der Waals surface area contributed by atoms with Gasteiger partial charge >= 0.3 is 5.97 Å². The van der Waals surface area contributed by atoms with Crippen molar-refractivity contribution in [1.29, 1.82) is 0 Å². The number of rotatable bonds is 6. The van der Waals surface area contributed by atoms with Crippen LogP contribution in [0.15, 0.2) is 0 Å². The molecular formula is C13H24N2O3. The van der Waals surface area contributed by atoms with Crippen molar-refractivity contribution in [3.63, 3.8) is 0 Å². The monoisotopic (exact) mass is 256 g/mol. The average molecular weight is 256 g/mol. The minimum Gasteiger partial charge on any atom is -0.467 e. The Hall–Kier alpha value is -1.10. The van der Waals surface area contributed by atoms with E-state index in [1.54, 1.807) is 0 Å². The minimum atomic E-state index is -0.573. The standard InChI is InChI=1S/C13H24N2O3/c1-4-9(2)11(12(17)18-3)15-10(16)8-13(14)6-5-7-13/h9,11H,4-8,14H2,1-3H3,(H,15,16). The molecule has 0 aromatic carbocycles. The molecule has 5 heteroatoms. The molecular weight excluding hydrogens is 232 g/mol. The fourth-order valence-electron chi connectivity index (χ4n) is 2.15. The number of carbonyl (C=O) groups is 2. The molecule has 2 unspecified atom stereocenters. The molecule has 0 saturated heterocycles. The highest BCUT2D eigenvalue weighted by Crippen LogP contribution is 2.32. The number of ether oxygens (including phenoxy) is 1. The van der Waals surface area contributed by atoms with Crippen molar-refractivity contribution < 1.29 is 14.3 Å². The Kier molecular flexibility index (Phi) is 5.14. The summed E-state index contributed by atoms with van der Waals surface area (Å²) in [4.78, 5) is 23.5. The number of amides is 1. The van der Waals surface area contributed by atoms with Crippen LogP contribution in [0.1, 0.15) is 46.0 Å². The second-order valence-electron chi connectivity index (χ2n) is 5.35. The number of nitrogens with one attached hydrogen (secondary N) is 1. The van der Waals surface area contributed by atoms with Crippen LogP contribution in [0, 0.1) is 5.92 Å².